The molecule has 138 valence electrons. The van der Waals surface area contributed by atoms with Gasteiger partial charge in [0.15, 0.2) is 0 Å². The average Bonchev–Trinajstić information content (AvgIpc) is 2.60. The lowest BCUT2D eigenvalue weighted by atomic mass is 9.86. The maximum absolute atomic E-state index is 12.3. The van der Waals surface area contributed by atoms with Crippen molar-refractivity contribution >= 4 is 17.3 Å². The van der Waals surface area contributed by atoms with Crippen LogP contribution in [0, 0.1) is 0 Å². The van der Waals surface area contributed by atoms with Crippen LogP contribution in [-0.2, 0) is 16.6 Å². The predicted octanol–water partition coefficient (Wildman–Crippen LogP) is 4.38. The van der Waals surface area contributed by atoms with Gasteiger partial charge in [-0.3, -0.25) is 4.79 Å². The van der Waals surface area contributed by atoms with Crippen LogP contribution in [0.2, 0.25) is 0 Å². The lowest BCUT2D eigenvalue weighted by molar-refractivity contribution is -0.116. The van der Waals surface area contributed by atoms with Gasteiger partial charge >= 0.3 is 0 Å². The Balaban J connectivity index is 1.56. The van der Waals surface area contributed by atoms with E-state index in [1.165, 1.54) is 11.1 Å². The number of fused-ring (bicyclic) bond motifs is 1. The van der Waals surface area contributed by atoms with Crippen molar-refractivity contribution in [1.29, 1.82) is 0 Å². The molecule has 0 fully saturated rings. The van der Waals surface area contributed by atoms with E-state index in [1.54, 1.807) is 0 Å². The maximum atomic E-state index is 12.3. The van der Waals surface area contributed by atoms with Crippen LogP contribution in [0.25, 0.3) is 0 Å². The molecule has 0 bridgehead atoms. The summed E-state index contributed by atoms with van der Waals surface area (Å²) < 4.78 is 5.69. The quantitative estimate of drug-likeness (QED) is 0.888. The van der Waals surface area contributed by atoms with Crippen LogP contribution in [0.15, 0.2) is 42.5 Å². The van der Waals surface area contributed by atoms with Crippen molar-refractivity contribution in [2.45, 2.75) is 39.0 Å². The second-order valence-corrected chi connectivity index (χ2v) is 7.95. The van der Waals surface area contributed by atoms with Gasteiger partial charge in [-0.05, 0) is 35.1 Å². The summed E-state index contributed by atoms with van der Waals surface area (Å²) in [6.45, 7) is 8.17. The smallest absolute Gasteiger partial charge is 0.224 e. The van der Waals surface area contributed by atoms with Gasteiger partial charge in [-0.1, -0.05) is 45.0 Å². The molecule has 2 aromatic rings. The van der Waals surface area contributed by atoms with E-state index in [4.69, 9.17) is 4.74 Å². The standard InChI is InChI=1S/C22H28N2O2/c1-22(2,3)17-8-5-16(6-9-17)7-12-21(25)23-18-10-11-19-20(15-18)26-14-13-24(19)4/h5-6,8-11,15H,7,12-14H2,1-4H3,(H,23,25). The average molecular weight is 352 g/mol. The van der Waals surface area contributed by atoms with Crippen molar-refractivity contribution in [3.8, 4) is 5.75 Å². The molecule has 3 rings (SSSR count). The summed E-state index contributed by atoms with van der Waals surface area (Å²) in [5.74, 6) is 0.850. The maximum Gasteiger partial charge on any atom is 0.224 e. The van der Waals surface area contributed by atoms with Crippen molar-refractivity contribution in [3.05, 3.63) is 53.6 Å². The summed E-state index contributed by atoms with van der Waals surface area (Å²) in [6, 6.07) is 14.4. The molecule has 0 saturated carbocycles. The van der Waals surface area contributed by atoms with Crippen LogP contribution in [-0.4, -0.2) is 26.1 Å². The normalized spacial score (nSPS) is 13.8. The van der Waals surface area contributed by atoms with E-state index in [0.29, 0.717) is 13.0 Å². The number of likely N-dealkylation sites (N-methyl/N-ethyl adjacent to an activating group) is 1. The van der Waals surface area contributed by atoms with Gasteiger partial charge in [-0.15, -0.1) is 0 Å². The first-order valence-electron chi connectivity index (χ1n) is 9.20. The monoisotopic (exact) mass is 352 g/mol. The predicted molar refractivity (Wildman–Crippen MR) is 107 cm³/mol. The number of hydrogen-bond donors (Lipinski definition) is 1. The number of nitrogens with zero attached hydrogens (tertiary/aromatic N) is 1. The molecule has 1 aliphatic rings. The molecule has 0 saturated heterocycles. The van der Waals surface area contributed by atoms with Gasteiger partial charge in [-0.25, -0.2) is 0 Å². The molecule has 4 heteroatoms. The Labute approximate surface area is 156 Å². The van der Waals surface area contributed by atoms with Gasteiger partial charge in [-0.2, -0.15) is 0 Å². The minimum Gasteiger partial charge on any atom is -0.489 e. The zero-order valence-electron chi connectivity index (χ0n) is 16.1. The first-order chi connectivity index (χ1) is 12.3. The van der Waals surface area contributed by atoms with Gasteiger partial charge in [0, 0.05) is 25.2 Å². The van der Waals surface area contributed by atoms with E-state index in [0.717, 1.165) is 30.1 Å². The minimum absolute atomic E-state index is 0.0222. The van der Waals surface area contributed by atoms with Gasteiger partial charge in [0.05, 0.1) is 12.2 Å². The molecular formula is C22H28N2O2. The molecule has 26 heavy (non-hydrogen) atoms. The molecule has 0 aliphatic carbocycles. The number of anilines is 2. The molecule has 1 amide bonds. The van der Waals surface area contributed by atoms with Gasteiger partial charge in [0.25, 0.3) is 0 Å². The van der Waals surface area contributed by atoms with Gasteiger partial charge in [0.2, 0.25) is 5.91 Å². The van der Waals surface area contributed by atoms with Gasteiger partial charge < -0.3 is 15.0 Å². The zero-order valence-corrected chi connectivity index (χ0v) is 16.1. The third-order valence-corrected chi connectivity index (χ3v) is 4.80. The minimum atomic E-state index is 0.0222. The molecule has 2 aromatic carbocycles. The number of carbonyl (C=O) groups excluding carboxylic acids is 1. The summed E-state index contributed by atoms with van der Waals surface area (Å²) in [6.07, 6.45) is 1.20. The summed E-state index contributed by atoms with van der Waals surface area (Å²) in [7, 11) is 2.05. The van der Waals surface area contributed by atoms with Crippen LogP contribution in [0.4, 0.5) is 11.4 Å². The highest BCUT2D eigenvalue weighted by atomic mass is 16.5. The highest BCUT2D eigenvalue weighted by Crippen LogP contribution is 2.33. The fourth-order valence-electron chi connectivity index (χ4n) is 3.09. The Bertz CT molecular complexity index is 776. The SMILES string of the molecule is CN1CCOc2cc(NC(=O)CCc3ccc(C(C)(C)C)cc3)ccc21. The summed E-state index contributed by atoms with van der Waals surface area (Å²) in [5, 5.41) is 2.98. The van der Waals surface area contributed by atoms with Crippen LogP contribution in [0.1, 0.15) is 38.3 Å². The van der Waals surface area contributed by atoms with Crippen molar-refractivity contribution < 1.29 is 9.53 Å². The van der Waals surface area contributed by atoms with Crippen LogP contribution < -0.4 is 15.0 Å². The van der Waals surface area contributed by atoms with E-state index in [2.05, 4.69) is 55.3 Å². The molecule has 1 aliphatic heterocycles. The topological polar surface area (TPSA) is 41.6 Å². The third-order valence-electron chi connectivity index (χ3n) is 4.80. The van der Waals surface area contributed by atoms with Crippen molar-refractivity contribution in [2.24, 2.45) is 0 Å². The molecule has 1 heterocycles. The molecule has 0 radical (unpaired) electrons. The number of carbonyl (C=O) groups is 1. The lowest BCUT2D eigenvalue weighted by Gasteiger charge is -2.27. The van der Waals surface area contributed by atoms with Crippen LogP contribution in [0.3, 0.4) is 0 Å². The van der Waals surface area contributed by atoms with Crippen molar-refractivity contribution in [2.75, 3.05) is 30.4 Å². The number of aryl methyl sites for hydroxylation is 1. The second kappa shape index (κ2) is 7.40. The zero-order chi connectivity index (χ0) is 18.7. The molecule has 1 N–H and O–H groups in total. The molecule has 0 unspecified atom stereocenters. The van der Waals surface area contributed by atoms with E-state index in [-0.39, 0.29) is 11.3 Å². The molecule has 0 atom stereocenters. The Morgan fingerprint density at radius 3 is 2.58 bits per heavy atom. The summed E-state index contributed by atoms with van der Waals surface area (Å²) >= 11 is 0. The molecule has 0 aromatic heterocycles. The van der Waals surface area contributed by atoms with Crippen LogP contribution in [0.5, 0.6) is 5.75 Å². The fraction of sp³-hybridized carbons (Fsp3) is 0.409. The van der Waals surface area contributed by atoms with Crippen molar-refractivity contribution in [1.82, 2.24) is 0 Å². The Hall–Kier alpha value is -2.49. The number of ether oxygens (including phenoxy) is 1. The first-order valence-corrected chi connectivity index (χ1v) is 9.20. The molecule has 4 nitrogen and oxygen atoms in total. The second-order valence-electron chi connectivity index (χ2n) is 7.95. The Morgan fingerprint density at radius 1 is 1.15 bits per heavy atom. The van der Waals surface area contributed by atoms with E-state index >= 15 is 0 Å². The largest absolute Gasteiger partial charge is 0.489 e. The fourth-order valence-corrected chi connectivity index (χ4v) is 3.09. The number of hydrogen-bond acceptors (Lipinski definition) is 3. The highest BCUT2D eigenvalue weighted by molar-refractivity contribution is 5.91. The first kappa shape index (κ1) is 18.3. The molecular weight excluding hydrogens is 324 g/mol. The Morgan fingerprint density at radius 2 is 1.88 bits per heavy atom. The van der Waals surface area contributed by atoms with Crippen LogP contribution >= 0.6 is 0 Å². The molecule has 0 spiro atoms. The third kappa shape index (κ3) is 4.37. The summed E-state index contributed by atoms with van der Waals surface area (Å²) in [5.41, 5.74) is 4.49. The number of amides is 1. The van der Waals surface area contributed by atoms with Gasteiger partial charge in [0.1, 0.15) is 12.4 Å². The lowest BCUT2D eigenvalue weighted by Crippen LogP contribution is -2.28. The number of nitrogens with one attached hydrogen (secondary N) is 1. The number of rotatable bonds is 4. The van der Waals surface area contributed by atoms with Crippen molar-refractivity contribution in [3.63, 3.8) is 0 Å². The van der Waals surface area contributed by atoms with E-state index in [9.17, 15) is 4.79 Å². The highest BCUT2D eigenvalue weighted by Gasteiger charge is 2.16. The number of benzene rings is 2. The van der Waals surface area contributed by atoms with E-state index < -0.39 is 0 Å². The van der Waals surface area contributed by atoms with E-state index in [1.807, 2.05) is 25.2 Å². The Kier molecular flexibility index (Phi) is 5.21. The summed E-state index contributed by atoms with van der Waals surface area (Å²) in [4.78, 5) is 14.4.